The van der Waals surface area contributed by atoms with Gasteiger partial charge < -0.3 is 14.8 Å². The minimum atomic E-state index is 0.0717. The zero-order chi connectivity index (χ0) is 17.8. The van der Waals surface area contributed by atoms with Crippen LogP contribution in [-0.2, 0) is 6.54 Å². The first-order chi connectivity index (χ1) is 12.0. The molecular formula is C20H24N4O. The molecule has 0 aliphatic rings. The summed E-state index contributed by atoms with van der Waals surface area (Å²) in [4.78, 5) is 18.3. The van der Waals surface area contributed by atoms with Crippen molar-refractivity contribution in [2.75, 3.05) is 26.0 Å². The molecule has 0 amide bonds. The first-order valence-corrected chi connectivity index (χ1v) is 8.52. The van der Waals surface area contributed by atoms with E-state index >= 15 is 0 Å². The van der Waals surface area contributed by atoms with Crippen molar-refractivity contribution in [1.82, 2.24) is 14.5 Å². The quantitative estimate of drug-likeness (QED) is 0.664. The number of nitrogens with one attached hydrogen (secondary N) is 1. The lowest BCUT2D eigenvalue weighted by Crippen LogP contribution is -2.15. The van der Waals surface area contributed by atoms with Gasteiger partial charge in [-0.2, -0.15) is 0 Å². The number of imidazole rings is 1. The zero-order valence-electron chi connectivity index (χ0n) is 15.0. The average Bonchev–Trinajstić information content (AvgIpc) is 2.92. The lowest BCUT2D eigenvalue weighted by Gasteiger charge is -2.13. The molecule has 2 aromatic carbocycles. The molecule has 0 aliphatic heterocycles. The van der Waals surface area contributed by atoms with Crippen LogP contribution >= 0.6 is 0 Å². The highest BCUT2D eigenvalue weighted by Gasteiger charge is 2.11. The number of benzene rings is 2. The number of rotatable bonds is 7. The van der Waals surface area contributed by atoms with Crippen LogP contribution in [0, 0.1) is 0 Å². The molecule has 25 heavy (non-hydrogen) atoms. The molecule has 0 unspecified atom stereocenters. The number of hydrogen-bond acceptors (Lipinski definition) is 4. The molecule has 1 aromatic heterocycles. The highest BCUT2D eigenvalue weighted by Crippen LogP contribution is 2.23. The topological polar surface area (TPSA) is 50.2 Å². The van der Waals surface area contributed by atoms with Gasteiger partial charge in [-0.3, -0.25) is 4.79 Å². The zero-order valence-corrected chi connectivity index (χ0v) is 15.0. The van der Waals surface area contributed by atoms with Gasteiger partial charge in [-0.1, -0.05) is 12.1 Å². The molecule has 5 nitrogen and oxygen atoms in total. The van der Waals surface area contributed by atoms with Crippen LogP contribution in [0.3, 0.4) is 0 Å². The van der Waals surface area contributed by atoms with E-state index < -0.39 is 0 Å². The lowest BCUT2D eigenvalue weighted by atomic mass is 10.1. The van der Waals surface area contributed by atoms with Crippen molar-refractivity contribution in [1.29, 1.82) is 0 Å². The molecule has 0 aliphatic carbocycles. The van der Waals surface area contributed by atoms with E-state index in [1.54, 1.807) is 6.92 Å². The van der Waals surface area contributed by atoms with E-state index in [0.29, 0.717) is 5.56 Å². The van der Waals surface area contributed by atoms with Gasteiger partial charge >= 0.3 is 0 Å². The van der Waals surface area contributed by atoms with Crippen LogP contribution in [0.5, 0.6) is 0 Å². The van der Waals surface area contributed by atoms with Crippen LogP contribution in [0.1, 0.15) is 23.7 Å². The second-order valence-electron chi connectivity index (χ2n) is 6.49. The van der Waals surface area contributed by atoms with Crippen LogP contribution in [-0.4, -0.2) is 40.9 Å². The SMILES string of the molecule is CC(=O)c1ccc(Nc2nc3ccccc3n2CCCN(C)C)cc1. The van der Waals surface area contributed by atoms with E-state index in [1.165, 1.54) is 0 Å². The molecule has 0 atom stereocenters. The van der Waals surface area contributed by atoms with Crippen molar-refractivity contribution < 1.29 is 4.79 Å². The second-order valence-corrected chi connectivity index (χ2v) is 6.49. The Kier molecular flexibility index (Phi) is 5.14. The van der Waals surface area contributed by atoms with Gasteiger partial charge in [0.1, 0.15) is 0 Å². The van der Waals surface area contributed by atoms with Gasteiger partial charge in [-0.15, -0.1) is 0 Å². The fraction of sp³-hybridized carbons (Fsp3) is 0.300. The highest BCUT2D eigenvalue weighted by molar-refractivity contribution is 5.94. The standard InChI is InChI=1S/C20H24N4O/c1-15(25)16-9-11-17(12-10-16)21-20-22-18-7-4-5-8-19(18)24(20)14-6-13-23(2)3/h4-5,7-12H,6,13-14H2,1-3H3,(H,21,22). The van der Waals surface area contributed by atoms with Crippen molar-refractivity contribution in [3.05, 3.63) is 54.1 Å². The molecule has 0 saturated carbocycles. The number of fused-ring (bicyclic) bond motifs is 1. The molecular weight excluding hydrogens is 312 g/mol. The van der Waals surface area contributed by atoms with Crippen molar-refractivity contribution in [3.8, 4) is 0 Å². The number of Topliss-reactive ketones (excluding diaryl/α,β-unsaturated/α-hetero) is 1. The monoisotopic (exact) mass is 336 g/mol. The van der Waals surface area contributed by atoms with Crippen LogP contribution in [0.4, 0.5) is 11.6 Å². The van der Waals surface area contributed by atoms with Crippen LogP contribution in [0.25, 0.3) is 11.0 Å². The number of aryl methyl sites for hydroxylation is 1. The van der Waals surface area contributed by atoms with E-state index in [1.807, 2.05) is 42.5 Å². The Morgan fingerprint density at radius 3 is 2.52 bits per heavy atom. The molecule has 5 heteroatoms. The molecule has 0 radical (unpaired) electrons. The Hall–Kier alpha value is -2.66. The molecule has 3 rings (SSSR count). The van der Waals surface area contributed by atoms with E-state index in [4.69, 9.17) is 4.98 Å². The maximum absolute atomic E-state index is 11.4. The fourth-order valence-corrected chi connectivity index (χ4v) is 2.86. The number of ketones is 1. The molecule has 0 fully saturated rings. The molecule has 1 N–H and O–H groups in total. The summed E-state index contributed by atoms with van der Waals surface area (Å²) >= 11 is 0. The number of carbonyl (C=O) groups excluding carboxylic acids is 1. The Bertz CT molecular complexity index is 865. The minimum absolute atomic E-state index is 0.0717. The van der Waals surface area contributed by atoms with Crippen molar-refractivity contribution in [2.24, 2.45) is 0 Å². The van der Waals surface area contributed by atoms with Crippen molar-refractivity contribution in [3.63, 3.8) is 0 Å². The van der Waals surface area contributed by atoms with Crippen LogP contribution < -0.4 is 5.32 Å². The molecule has 0 saturated heterocycles. The molecule has 0 spiro atoms. The summed E-state index contributed by atoms with van der Waals surface area (Å²) in [5.74, 6) is 0.901. The number of anilines is 2. The van der Waals surface area contributed by atoms with E-state index in [0.717, 1.165) is 42.2 Å². The largest absolute Gasteiger partial charge is 0.326 e. The Morgan fingerprint density at radius 1 is 1.12 bits per heavy atom. The molecule has 3 aromatic rings. The van der Waals surface area contributed by atoms with E-state index in [-0.39, 0.29) is 5.78 Å². The maximum atomic E-state index is 11.4. The fourth-order valence-electron chi connectivity index (χ4n) is 2.86. The predicted molar refractivity (Wildman–Crippen MR) is 103 cm³/mol. The van der Waals surface area contributed by atoms with Crippen molar-refractivity contribution >= 4 is 28.5 Å². The molecule has 130 valence electrons. The minimum Gasteiger partial charge on any atom is -0.326 e. The maximum Gasteiger partial charge on any atom is 0.208 e. The Labute approximate surface area is 148 Å². The van der Waals surface area contributed by atoms with Crippen molar-refractivity contribution in [2.45, 2.75) is 19.9 Å². The summed E-state index contributed by atoms with van der Waals surface area (Å²) in [6.45, 7) is 3.50. The normalized spacial score (nSPS) is 11.2. The second kappa shape index (κ2) is 7.49. The van der Waals surface area contributed by atoms with Gasteiger partial charge in [0.25, 0.3) is 0 Å². The van der Waals surface area contributed by atoms with Crippen LogP contribution in [0.2, 0.25) is 0 Å². The summed E-state index contributed by atoms with van der Waals surface area (Å²) in [5.41, 5.74) is 3.75. The number of hydrogen-bond donors (Lipinski definition) is 1. The molecule has 1 heterocycles. The van der Waals surface area contributed by atoms with Crippen LogP contribution in [0.15, 0.2) is 48.5 Å². The van der Waals surface area contributed by atoms with Gasteiger partial charge in [0.2, 0.25) is 5.95 Å². The first-order valence-electron chi connectivity index (χ1n) is 8.52. The van der Waals surface area contributed by atoms with Gasteiger partial charge in [-0.25, -0.2) is 4.98 Å². The summed E-state index contributed by atoms with van der Waals surface area (Å²) in [7, 11) is 4.17. The van der Waals surface area contributed by atoms with Gasteiger partial charge in [-0.05, 0) is 70.4 Å². The predicted octanol–water partition coefficient (Wildman–Crippen LogP) is 3.93. The third-order valence-electron chi connectivity index (χ3n) is 4.19. The summed E-state index contributed by atoms with van der Waals surface area (Å²) < 4.78 is 2.22. The number of aromatic nitrogens is 2. The summed E-state index contributed by atoms with van der Waals surface area (Å²) in [6.07, 6.45) is 1.05. The summed E-state index contributed by atoms with van der Waals surface area (Å²) in [6, 6.07) is 15.7. The third-order valence-corrected chi connectivity index (χ3v) is 4.19. The highest BCUT2D eigenvalue weighted by atomic mass is 16.1. The number of nitrogens with zero attached hydrogens (tertiary/aromatic N) is 3. The number of para-hydroxylation sites is 2. The van der Waals surface area contributed by atoms with Gasteiger partial charge in [0, 0.05) is 17.8 Å². The number of carbonyl (C=O) groups is 1. The lowest BCUT2D eigenvalue weighted by molar-refractivity contribution is 0.101. The van der Waals surface area contributed by atoms with Gasteiger partial charge in [0.05, 0.1) is 11.0 Å². The third kappa shape index (κ3) is 4.06. The Morgan fingerprint density at radius 2 is 1.84 bits per heavy atom. The summed E-state index contributed by atoms with van der Waals surface area (Å²) in [5, 5.41) is 3.39. The van der Waals surface area contributed by atoms with E-state index in [9.17, 15) is 4.79 Å². The molecule has 0 bridgehead atoms. The smallest absolute Gasteiger partial charge is 0.208 e. The van der Waals surface area contributed by atoms with Gasteiger partial charge in [0.15, 0.2) is 5.78 Å². The van der Waals surface area contributed by atoms with E-state index in [2.05, 4.69) is 34.9 Å². The Balaban J connectivity index is 1.87. The average molecular weight is 336 g/mol. The first kappa shape index (κ1) is 17.2.